The van der Waals surface area contributed by atoms with E-state index in [2.05, 4.69) is 17.1 Å². The van der Waals surface area contributed by atoms with Crippen molar-refractivity contribution < 1.29 is 14.0 Å². The largest absolute Gasteiger partial charge is 0.356 e. The Kier molecular flexibility index (Phi) is 8.54. The number of carbonyl (C=O) groups is 2. The van der Waals surface area contributed by atoms with Crippen LogP contribution >= 0.6 is 0 Å². The number of halogens is 1. The molecule has 0 unspecified atom stereocenters. The lowest BCUT2D eigenvalue weighted by molar-refractivity contribution is -0.132. The molecule has 0 saturated carbocycles. The molecular weight excluding hydrogens is 333 g/mol. The van der Waals surface area contributed by atoms with Crippen LogP contribution in [0.2, 0.25) is 0 Å². The Morgan fingerprint density at radius 3 is 2.38 bits per heavy atom. The van der Waals surface area contributed by atoms with Gasteiger partial charge in [-0.25, -0.2) is 4.39 Å². The third kappa shape index (κ3) is 7.12. The molecule has 6 heteroatoms. The summed E-state index contributed by atoms with van der Waals surface area (Å²) in [5.74, 6) is -0.111. The highest BCUT2D eigenvalue weighted by Gasteiger charge is 2.19. The zero-order chi connectivity index (χ0) is 18.8. The second-order valence-electron chi connectivity index (χ2n) is 6.75. The normalized spacial score (nSPS) is 15.1. The number of amides is 2. The van der Waals surface area contributed by atoms with Gasteiger partial charge in [0.15, 0.2) is 0 Å². The second-order valence-corrected chi connectivity index (χ2v) is 6.75. The summed E-state index contributed by atoms with van der Waals surface area (Å²) < 4.78 is 12.8. The molecule has 1 aromatic rings. The summed E-state index contributed by atoms with van der Waals surface area (Å²) in [6, 6.07) is 6.48. The molecule has 26 heavy (non-hydrogen) atoms. The third-order valence-corrected chi connectivity index (χ3v) is 4.87. The summed E-state index contributed by atoms with van der Waals surface area (Å²) >= 11 is 0. The summed E-state index contributed by atoms with van der Waals surface area (Å²) in [4.78, 5) is 28.2. The number of aryl methyl sites for hydroxylation is 1. The van der Waals surface area contributed by atoms with Crippen molar-refractivity contribution in [2.24, 2.45) is 0 Å². The molecule has 1 aromatic carbocycles. The molecule has 1 aliphatic rings. The zero-order valence-corrected chi connectivity index (χ0v) is 15.7. The van der Waals surface area contributed by atoms with Crippen molar-refractivity contribution in [2.45, 2.75) is 39.0 Å². The van der Waals surface area contributed by atoms with Crippen LogP contribution in [0.4, 0.5) is 4.39 Å². The molecule has 0 atom stereocenters. The number of rotatable bonds is 9. The molecule has 0 aliphatic carbocycles. The van der Waals surface area contributed by atoms with E-state index in [1.165, 1.54) is 12.1 Å². The molecule has 1 fully saturated rings. The lowest BCUT2D eigenvalue weighted by atomic mass is 10.1. The van der Waals surface area contributed by atoms with Crippen molar-refractivity contribution >= 4 is 11.8 Å². The maximum atomic E-state index is 12.8. The molecular formula is C20H30FN3O2. The van der Waals surface area contributed by atoms with Gasteiger partial charge in [0.2, 0.25) is 11.8 Å². The van der Waals surface area contributed by atoms with Crippen LogP contribution in [0, 0.1) is 5.82 Å². The maximum Gasteiger partial charge on any atom is 0.224 e. The Morgan fingerprint density at radius 2 is 1.73 bits per heavy atom. The number of carbonyl (C=O) groups excluding carboxylic acids is 2. The van der Waals surface area contributed by atoms with Gasteiger partial charge in [0.25, 0.3) is 0 Å². The second kappa shape index (κ2) is 10.9. The van der Waals surface area contributed by atoms with Crippen LogP contribution in [-0.2, 0) is 16.0 Å². The highest BCUT2D eigenvalue weighted by molar-refractivity contribution is 5.79. The van der Waals surface area contributed by atoms with Gasteiger partial charge in [-0.15, -0.1) is 0 Å². The first-order valence-corrected chi connectivity index (χ1v) is 9.59. The fourth-order valence-corrected chi connectivity index (χ4v) is 3.13. The van der Waals surface area contributed by atoms with E-state index in [-0.39, 0.29) is 17.6 Å². The fourth-order valence-electron chi connectivity index (χ4n) is 3.13. The Morgan fingerprint density at radius 1 is 1.04 bits per heavy atom. The topological polar surface area (TPSA) is 52.6 Å². The first-order chi connectivity index (χ1) is 12.6. The molecule has 1 N–H and O–H groups in total. The van der Waals surface area contributed by atoms with Crippen molar-refractivity contribution in [3.63, 3.8) is 0 Å². The molecule has 0 bridgehead atoms. The quantitative estimate of drug-likeness (QED) is 0.685. The molecule has 1 heterocycles. The van der Waals surface area contributed by atoms with Crippen LogP contribution < -0.4 is 5.32 Å². The van der Waals surface area contributed by atoms with E-state index >= 15 is 0 Å². The molecule has 5 nitrogen and oxygen atoms in total. The van der Waals surface area contributed by atoms with E-state index in [0.717, 1.165) is 57.5 Å². The number of likely N-dealkylation sites (N-methyl/N-ethyl adjacent to an activating group) is 1. The fraction of sp³-hybridized carbons (Fsp3) is 0.600. The highest BCUT2D eigenvalue weighted by Crippen LogP contribution is 2.08. The predicted octanol–water partition coefficient (Wildman–Crippen LogP) is 2.21. The van der Waals surface area contributed by atoms with Gasteiger partial charge in [-0.1, -0.05) is 19.1 Å². The van der Waals surface area contributed by atoms with Gasteiger partial charge in [-0.3, -0.25) is 9.59 Å². The van der Waals surface area contributed by atoms with Gasteiger partial charge in [-0.2, -0.15) is 0 Å². The van der Waals surface area contributed by atoms with Gasteiger partial charge < -0.3 is 15.1 Å². The molecule has 0 aromatic heterocycles. The van der Waals surface area contributed by atoms with Crippen LogP contribution in [0.5, 0.6) is 0 Å². The molecule has 144 valence electrons. The Balaban J connectivity index is 1.52. The van der Waals surface area contributed by atoms with Gasteiger partial charge >= 0.3 is 0 Å². The number of piperazine rings is 1. The number of hydrogen-bond acceptors (Lipinski definition) is 3. The summed E-state index contributed by atoms with van der Waals surface area (Å²) in [6.07, 6.45) is 3.35. The number of benzene rings is 1. The monoisotopic (exact) mass is 363 g/mol. The van der Waals surface area contributed by atoms with Crippen LogP contribution in [-0.4, -0.2) is 60.9 Å². The predicted molar refractivity (Wildman–Crippen MR) is 100 cm³/mol. The first kappa shape index (κ1) is 20.4. The van der Waals surface area contributed by atoms with Crippen molar-refractivity contribution in [3.8, 4) is 0 Å². The minimum Gasteiger partial charge on any atom is -0.356 e. The minimum atomic E-state index is -0.227. The SMILES string of the molecule is CCN1CCN(C(=O)CCNC(=O)CCCCc2ccc(F)cc2)CC1. The molecule has 0 radical (unpaired) electrons. The van der Waals surface area contributed by atoms with E-state index in [4.69, 9.17) is 0 Å². The average Bonchev–Trinajstić information content (AvgIpc) is 2.66. The summed E-state index contributed by atoms with van der Waals surface area (Å²) in [7, 11) is 0. The van der Waals surface area contributed by atoms with E-state index < -0.39 is 0 Å². The van der Waals surface area contributed by atoms with Gasteiger partial charge in [-0.05, 0) is 43.5 Å². The van der Waals surface area contributed by atoms with Crippen LogP contribution in [0.3, 0.4) is 0 Å². The van der Waals surface area contributed by atoms with Gasteiger partial charge in [0.1, 0.15) is 5.82 Å². The van der Waals surface area contributed by atoms with E-state index in [0.29, 0.717) is 19.4 Å². The van der Waals surface area contributed by atoms with E-state index in [9.17, 15) is 14.0 Å². The maximum absolute atomic E-state index is 12.8. The minimum absolute atomic E-state index is 0.00675. The Hall–Kier alpha value is -1.95. The third-order valence-electron chi connectivity index (χ3n) is 4.87. The molecule has 2 amide bonds. The van der Waals surface area contributed by atoms with Crippen LogP contribution in [0.1, 0.15) is 38.2 Å². The Labute approximate surface area is 155 Å². The zero-order valence-electron chi connectivity index (χ0n) is 15.7. The number of nitrogens with one attached hydrogen (secondary N) is 1. The summed E-state index contributed by atoms with van der Waals surface area (Å²) in [5.41, 5.74) is 1.08. The standard InChI is InChI=1S/C20H30FN3O2/c1-2-23-13-15-24(16-14-23)20(26)11-12-22-19(25)6-4-3-5-17-7-9-18(21)10-8-17/h7-10H,2-6,11-16H2,1H3,(H,22,25). The lowest BCUT2D eigenvalue weighted by Gasteiger charge is -2.34. The van der Waals surface area contributed by atoms with Gasteiger partial charge in [0.05, 0.1) is 0 Å². The number of unbranched alkanes of at least 4 members (excludes halogenated alkanes) is 1. The van der Waals surface area contributed by atoms with E-state index in [1.54, 1.807) is 12.1 Å². The molecule has 1 saturated heterocycles. The summed E-state index contributed by atoms with van der Waals surface area (Å²) in [5, 5.41) is 2.83. The smallest absolute Gasteiger partial charge is 0.224 e. The van der Waals surface area contributed by atoms with Crippen molar-refractivity contribution in [1.29, 1.82) is 0 Å². The van der Waals surface area contributed by atoms with Gasteiger partial charge in [0, 0.05) is 45.6 Å². The first-order valence-electron chi connectivity index (χ1n) is 9.59. The van der Waals surface area contributed by atoms with Crippen molar-refractivity contribution in [2.75, 3.05) is 39.3 Å². The molecule has 1 aliphatic heterocycles. The molecule has 0 spiro atoms. The van der Waals surface area contributed by atoms with E-state index in [1.807, 2.05) is 4.90 Å². The van der Waals surface area contributed by atoms with Crippen LogP contribution in [0.15, 0.2) is 24.3 Å². The Bertz CT molecular complexity index is 569. The highest BCUT2D eigenvalue weighted by atomic mass is 19.1. The number of nitrogens with zero attached hydrogens (tertiary/aromatic N) is 2. The van der Waals surface area contributed by atoms with Crippen molar-refractivity contribution in [3.05, 3.63) is 35.6 Å². The summed E-state index contributed by atoms with van der Waals surface area (Å²) in [6.45, 7) is 6.99. The number of hydrogen-bond donors (Lipinski definition) is 1. The molecule has 2 rings (SSSR count). The lowest BCUT2D eigenvalue weighted by Crippen LogP contribution is -2.49. The van der Waals surface area contributed by atoms with Crippen molar-refractivity contribution in [1.82, 2.24) is 15.1 Å². The average molecular weight is 363 g/mol. The van der Waals surface area contributed by atoms with Crippen LogP contribution in [0.25, 0.3) is 0 Å².